The smallest absolute Gasteiger partial charge is 0.307 e. The van der Waals surface area contributed by atoms with Gasteiger partial charge in [0, 0.05) is 6.42 Å². The van der Waals surface area contributed by atoms with Gasteiger partial charge in [0.2, 0.25) is 0 Å². The summed E-state index contributed by atoms with van der Waals surface area (Å²) in [6, 6.07) is 15.4. The molecule has 0 aliphatic carbocycles. The lowest BCUT2D eigenvalue weighted by atomic mass is 10.1. The van der Waals surface area contributed by atoms with Crippen LogP contribution in [0.1, 0.15) is 38.3 Å². The average Bonchev–Trinajstić information content (AvgIpc) is 2.89. The first-order valence-electron chi connectivity index (χ1n) is 7.70. The maximum atomic E-state index is 12.1. The molecule has 1 aliphatic heterocycles. The normalized spacial score (nSPS) is 12.7. The van der Waals surface area contributed by atoms with Gasteiger partial charge in [-0.15, -0.1) is 0 Å². The second-order valence-corrected chi connectivity index (χ2v) is 5.54. The van der Waals surface area contributed by atoms with Gasteiger partial charge in [0.15, 0.2) is 6.73 Å². The number of nitrogens with zero attached hydrogens (tertiary/aromatic N) is 2. The van der Waals surface area contributed by atoms with E-state index in [9.17, 15) is 14.4 Å². The second kappa shape index (κ2) is 6.97. The zero-order valence-corrected chi connectivity index (χ0v) is 13.3. The van der Waals surface area contributed by atoms with Gasteiger partial charge in [0.25, 0.3) is 11.8 Å². The van der Waals surface area contributed by atoms with Gasteiger partial charge in [-0.25, -0.2) is 4.90 Å². The van der Waals surface area contributed by atoms with Crippen LogP contribution in [0.5, 0.6) is 0 Å². The van der Waals surface area contributed by atoms with Crippen LogP contribution in [0.4, 0.5) is 0 Å². The Labute approximate surface area is 144 Å². The average molecular weight is 334 g/mol. The van der Waals surface area contributed by atoms with Crippen molar-refractivity contribution in [1.82, 2.24) is 4.90 Å². The van der Waals surface area contributed by atoms with Crippen molar-refractivity contribution in [2.75, 3.05) is 6.73 Å². The van der Waals surface area contributed by atoms with Crippen molar-refractivity contribution in [2.45, 2.75) is 12.8 Å². The van der Waals surface area contributed by atoms with Crippen molar-refractivity contribution in [1.29, 1.82) is 5.26 Å². The van der Waals surface area contributed by atoms with Gasteiger partial charge in [0.05, 0.1) is 22.8 Å². The molecule has 0 bridgehead atoms. The van der Waals surface area contributed by atoms with Crippen molar-refractivity contribution in [3.05, 3.63) is 70.8 Å². The molecule has 6 heteroatoms. The van der Waals surface area contributed by atoms with Crippen LogP contribution in [-0.2, 0) is 16.0 Å². The fourth-order valence-electron chi connectivity index (χ4n) is 2.56. The lowest BCUT2D eigenvalue weighted by Gasteiger charge is -2.13. The number of hydrogen-bond donors (Lipinski definition) is 0. The highest BCUT2D eigenvalue weighted by atomic mass is 16.5. The first-order chi connectivity index (χ1) is 12.1. The highest BCUT2D eigenvalue weighted by Crippen LogP contribution is 2.22. The molecule has 0 N–H and O–H groups in total. The fraction of sp³-hybridized carbons (Fsp3) is 0.158. The van der Waals surface area contributed by atoms with Crippen molar-refractivity contribution >= 4 is 17.8 Å². The van der Waals surface area contributed by atoms with Crippen LogP contribution in [0.3, 0.4) is 0 Å². The quantitative estimate of drug-likeness (QED) is 0.618. The van der Waals surface area contributed by atoms with Crippen molar-refractivity contribution in [2.24, 2.45) is 0 Å². The Morgan fingerprint density at radius 3 is 2.16 bits per heavy atom. The number of rotatable bonds is 5. The van der Waals surface area contributed by atoms with E-state index in [4.69, 9.17) is 10.00 Å². The largest absolute Gasteiger partial charge is 0.444 e. The summed E-state index contributed by atoms with van der Waals surface area (Å²) < 4.78 is 5.06. The Kier molecular flexibility index (Phi) is 4.57. The first kappa shape index (κ1) is 16.4. The molecule has 2 aromatic rings. The minimum absolute atomic E-state index is 0.120. The number of carbonyl (C=O) groups excluding carboxylic acids is 3. The predicted molar refractivity (Wildman–Crippen MR) is 87.4 cm³/mol. The van der Waals surface area contributed by atoms with E-state index in [0.717, 1.165) is 10.5 Å². The number of ether oxygens (including phenoxy) is 1. The van der Waals surface area contributed by atoms with Gasteiger partial charge in [-0.1, -0.05) is 24.3 Å². The molecule has 0 atom stereocenters. The third-order valence-corrected chi connectivity index (χ3v) is 3.93. The summed E-state index contributed by atoms with van der Waals surface area (Å²) >= 11 is 0. The van der Waals surface area contributed by atoms with Gasteiger partial charge < -0.3 is 4.74 Å². The molecule has 1 aliphatic rings. The van der Waals surface area contributed by atoms with Crippen molar-refractivity contribution in [3.8, 4) is 6.07 Å². The topological polar surface area (TPSA) is 87.5 Å². The van der Waals surface area contributed by atoms with Crippen LogP contribution in [0, 0.1) is 11.3 Å². The molecule has 3 rings (SSSR count). The maximum Gasteiger partial charge on any atom is 0.307 e. The predicted octanol–water partition coefficient (Wildman–Crippen LogP) is 2.29. The number of carbonyl (C=O) groups is 3. The van der Waals surface area contributed by atoms with Crippen molar-refractivity contribution in [3.63, 3.8) is 0 Å². The number of hydrogen-bond acceptors (Lipinski definition) is 5. The Balaban J connectivity index is 1.52. The van der Waals surface area contributed by atoms with Crippen LogP contribution >= 0.6 is 0 Å². The van der Waals surface area contributed by atoms with Crippen LogP contribution in [0.15, 0.2) is 48.5 Å². The fourth-order valence-corrected chi connectivity index (χ4v) is 2.56. The first-order valence-corrected chi connectivity index (χ1v) is 7.70. The lowest BCUT2D eigenvalue weighted by Crippen LogP contribution is -2.33. The van der Waals surface area contributed by atoms with Gasteiger partial charge in [-0.3, -0.25) is 14.4 Å². The molecule has 2 aromatic carbocycles. The van der Waals surface area contributed by atoms with Gasteiger partial charge in [-0.2, -0.15) is 5.26 Å². The molecular formula is C19H14N2O4. The molecule has 1 heterocycles. The van der Waals surface area contributed by atoms with Gasteiger partial charge in [-0.05, 0) is 36.2 Å². The van der Waals surface area contributed by atoms with E-state index in [1.54, 1.807) is 48.5 Å². The summed E-state index contributed by atoms with van der Waals surface area (Å²) in [4.78, 5) is 37.1. The maximum absolute atomic E-state index is 12.1. The number of nitriles is 1. The lowest BCUT2D eigenvalue weighted by molar-refractivity contribution is -0.146. The second-order valence-electron chi connectivity index (χ2n) is 5.54. The third kappa shape index (κ3) is 3.40. The van der Waals surface area contributed by atoms with E-state index in [-0.39, 0.29) is 6.42 Å². The molecule has 0 saturated heterocycles. The highest BCUT2D eigenvalue weighted by Gasteiger charge is 2.35. The molecule has 0 spiro atoms. The molecular weight excluding hydrogens is 320 g/mol. The Morgan fingerprint density at radius 2 is 1.60 bits per heavy atom. The summed E-state index contributed by atoms with van der Waals surface area (Å²) in [7, 11) is 0. The van der Waals surface area contributed by atoms with Gasteiger partial charge in [0.1, 0.15) is 0 Å². The Bertz CT molecular complexity index is 846. The molecule has 25 heavy (non-hydrogen) atoms. The van der Waals surface area contributed by atoms with Gasteiger partial charge >= 0.3 is 5.97 Å². The molecule has 0 unspecified atom stereocenters. The van der Waals surface area contributed by atoms with Crippen molar-refractivity contribution < 1.29 is 19.1 Å². The molecule has 2 amide bonds. The van der Waals surface area contributed by atoms with Crippen LogP contribution in [0.2, 0.25) is 0 Å². The SMILES string of the molecule is N#Cc1ccc(CCC(=O)OCN2C(=O)c3ccccc3C2=O)cc1. The number of fused-ring (bicyclic) bond motifs is 1. The minimum Gasteiger partial charge on any atom is -0.444 e. The van der Waals surface area contributed by atoms with E-state index < -0.39 is 24.5 Å². The number of amides is 2. The summed E-state index contributed by atoms with van der Waals surface area (Å²) in [6.45, 7) is -0.390. The van der Waals surface area contributed by atoms with E-state index in [1.165, 1.54) is 0 Å². The number of imide groups is 1. The van der Waals surface area contributed by atoms with E-state index in [0.29, 0.717) is 23.1 Å². The molecule has 0 radical (unpaired) electrons. The minimum atomic E-state index is -0.499. The Hall–Kier alpha value is -3.46. The Morgan fingerprint density at radius 1 is 1.00 bits per heavy atom. The third-order valence-electron chi connectivity index (χ3n) is 3.93. The summed E-state index contributed by atoms with van der Waals surface area (Å²) in [5, 5.41) is 8.74. The van der Waals surface area contributed by atoms with E-state index in [1.807, 2.05) is 6.07 Å². The highest BCUT2D eigenvalue weighted by molar-refractivity contribution is 6.21. The standard InChI is InChI=1S/C19H14N2O4/c20-11-14-7-5-13(6-8-14)9-10-17(22)25-12-21-18(23)15-3-1-2-4-16(15)19(21)24/h1-8H,9-10,12H2. The summed E-state index contributed by atoms with van der Waals surface area (Å²) in [6.07, 6.45) is 0.571. The van der Waals surface area contributed by atoms with Crippen LogP contribution in [-0.4, -0.2) is 29.4 Å². The number of esters is 1. The van der Waals surface area contributed by atoms with Crippen LogP contribution < -0.4 is 0 Å². The monoisotopic (exact) mass is 334 g/mol. The zero-order valence-electron chi connectivity index (χ0n) is 13.3. The number of benzene rings is 2. The summed E-state index contributed by atoms with van der Waals surface area (Å²) in [5.74, 6) is -1.41. The summed E-state index contributed by atoms with van der Waals surface area (Å²) in [5.41, 5.74) is 2.09. The van der Waals surface area contributed by atoms with E-state index in [2.05, 4.69) is 0 Å². The van der Waals surface area contributed by atoms with E-state index >= 15 is 0 Å². The molecule has 0 saturated carbocycles. The molecule has 0 aromatic heterocycles. The molecule has 6 nitrogen and oxygen atoms in total. The molecule has 124 valence electrons. The number of aryl methyl sites for hydroxylation is 1. The zero-order chi connectivity index (χ0) is 17.8. The van der Waals surface area contributed by atoms with Crippen LogP contribution in [0.25, 0.3) is 0 Å². The molecule has 0 fully saturated rings.